The Labute approximate surface area is 136 Å². The first-order valence-electron chi connectivity index (χ1n) is 7.71. The molecule has 0 spiro atoms. The Morgan fingerprint density at radius 2 is 1.82 bits per heavy atom. The first-order chi connectivity index (χ1) is 10.5. The fourth-order valence-corrected chi connectivity index (χ4v) is 3.02. The maximum absolute atomic E-state index is 12.4. The van der Waals surface area contributed by atoms with Crippen LogP contribution in [0.3, 0.4) is 0 Å². The number of hydrogen-bond acceptors (Lipinski definition) is 1. The number of allylic oxidation sites excluding steroid dienone is 2. The van der Waals surface area contributed by atoms with Crippen molar-refractivity contribution in [2.45, 2.75) is 38.0 Å². The summed E-state index contributed by atoms with van der Waals surface area (Å²) >= 11 is 0. The largest absolute Gasteiger partial charge is 0.242 e. The van der Waals surface area contributed by atoms with Gasteiger partial charge in [0.15, 0.2) is 0 Å². The van der Waals surface area contributed by atoms with Gasteiger partial charge in [0.05, 0.1) is 15.7 Å². The zero-order chi connectivity index (χ0) is 16.0. The lowest BCUT2D eigenvalue weighted by Gasteiger charge is -2.26. The van der Waals surface area contributed by atoms with Crippen LogP contribution in [0.4, 0.5) is 0 Å². The van der Waals surface area contributed by atoms with Gasteiger partial charge in [-0.1, -0.05) is 66.8 Å². The molecule has 0 saturated carbocycles. The SMILES string of the molecule is CC(C)(C)[S@](=O)N[C@H](/C=C/c1ccccc1)C1C=CCC=C1. The van der Waals surface area contributed by atoms with E-state index >= 15 is 0 Å². The number of benzene rings is 1. The van der Waals surface area contributed by atoms with Crippen LogP contribution in [0.2, 0.25) is 0 Å². The minimum atomic E-state index is -1.10. The van der Waals surface area contributed by atoms with Crippen LogP contribution in [0.15, 0.2) is 60.7 Å². The summed E-state index contributed by atoms with van der Waals surface area (Å²) in [7, 11) is -1.10. The highest BCUT2D eigenvalue weighted by Gasteiger charge is 2.24. The van der Waals surface area contributed by atoms with E-state index in [1.165, 1.54) is 0 Å². The lowest BCUT2D eigenvalue weighted by molar-refractivity contribution is 0.591. The van der Waals surface area contributed by atoms with Crippen LogP contribution in [0, 0.1) is 5.92 Å². The lowest BCUT2D eigenvalue weighted by atomic mass is 9.95. The molecule has 0 amide bonds. The Hall–Kier alpha value is -1.45. The fraction of sp³-hybridized carbons (Fsp3) is 0.368. The molecule has 0 aliphatic heterocycles. The van der Waals surface area contributed by atoms with Gasteiger partial charge in [-0.3, -0.25) is 0 Å². The summed E-state index contributed by atoms with van der Waals surface area (Å²) in [5.41, 5.74) is 1.15. The van der Waals surface area contributed by atoms with E-state index in [1.807, 2.05) is 39.0 Å². The molecule has 2 nitrogen and oxygen atoms in total. The van der Waals surface area contributed by atoms with E-state index in [9.17, 15) is 4.21 Å². The monoisotopic (exact) mass is 315 g/mol. The summed E-state index contributed by atoms with van der Waals surface area (Å²) in [6, 6.07) is 10.2. The maximum Gasteiger partial charge on any atom is 0.0976 e. The van der Waals surface area contributed by atoms with E-state index in [1.54, 1.807) is 0 Å². The standard InChI is InChI=1S/C19H25NOS/c1-19(2,3)22(21)20-18(17-12-8-5-9-13-17)15-14-16-10-6-4-7-11-16/h4,6-15,17-18,20H,5H2,1-3H3/b15-14+/t18-,22+/m1/s1. The molecule has 0 unspecified atom stereocenters. The Bertz CT molecular complexity index is 569. The summed E-state index contributed by atoms with van der Waals surface area (Å²) in [6.07, 6.45) is 13.9. The van der Waals surface area contributed by atoms with Crippen molar-refractivity contribution in [3.8, 4) is 0 Å². The molecular formula is C19H25NOS. The van der Waals surface area contributed by atoms with Crippen LogP contribution in [-0.2, 0) is 11.0 Å². The van der Waals surface area contributed by atoms with Gasteiger partial charge in [0.1, 0.15) is 0 Å². The van der Waals surface area contributed by atoms with Crippen LogP contribution in [0.1, 0.15) is 32.8 Å². The number of rotatable bonds is 5. The zero-order valence-corrected chi connectivity index (χ0v) is 14.3. The van der Waals surface area contributed by atoms with Crippen LogP contribution in [-0.4, -0.2) is 15.0 Å². The van der Waals surface area contributed by atoms with E-state index in [0.29, 0.717) is 0 Å². The van der Waals surface area contributed by atoms with Gasteiger partial charge in [0, 0.05) is 12.0 Å². The molecule has 0 bridgehead atoms. The molecule has 0 saturated heterocycles. The molecule has 0 radical (unpaired) electrons. The third-order valence-corrected chi connectivity index (χ3v) is 5.10. The quantitative estimate of drug-likeness (QED) is 0.809. The molecule has 118 valence electrons. The molecule has 2 rings (SSSR count). The van der Waals surface area contributed by atoms with Crippen molar-refractivity contribution in [3.05, 3.63) is 66.3 Å². The second kappa shape index (κ2) is 7.70. The highest BCUT2D eigenvalue weighted by molar-refractivity contribution is 7.84. The summed E-state index contributed by atoms with van der Waals surface area (Å²) in [5, 5.41) is 0. The Morgan fingerprint density at radius 3 is 2.41 bits per heavy atom. The van der Waals surface area contributed by atoms with Crippen molar-refractivity contribution in [1.29, 1.82) is 0 Å². The third-order valence-electron chi connectivity index (χ3n) is 3.50. The summed E-state index contributed by atoms with van der Waals surface area (Å²) in [5.74, 6) is 0.236. The van der Waals surface area contributed by atoms with Crippen molar-refractivity contribution in [1.82, 2.24) is 4.72 Å². The van der Waals surface area contributed by atoms with Crippen LogP contribution < -0.4 is 4.72 Å². The lowest BCUT2D eigenvalue weighted by Crippen LogP contribution is -2.41. The van der Waals surface area contributed by atoms with Crippen molar-refractivity contribution in [2.75, 3.05) is 0 Å². The first-order valence-corrected chi connectivity index (χ1v) is 8.86. The van der Waals surface area contributed by atoms with E-state index in [2.05, 4.69) is 53.3 Å². The fourth-order valence-electron chi connectivity index (χ4n) is 2.18. The molecule has 22 heavy (non-hydrogen) atoms. The van der Waals surface area contributed by atoms with Gasteiger partial charge in [-0.15, -0.1) is 0 Å². The minimum Gasteiger partial charge on any atom is -0.242 e. The predicted octanol–water partition coefficient (Wildman–Crippen LogP) is 4.25. The number of hydrogen-bond donors (Lipinski definition) is 1. The Morgan fingerprint density at radius 1 is 1.18 bits per heavy atom. The van der Waals surface area contributed by atoms with Crippen molar-refractivity contribution in [2.24, 2.45) is 5.92 Å². The molecule has 3 heteroatoms. The van der Waals surface area contributed by atoms with E-state index in [-0.39, 0.29) is 16.7 Å². The van der Waals surface area contributed by atoms with Crippen molar-refractivity contribution in [3.63, 3.8) is 0 Å². The van der Waals surface area contributed by atoms with E-state index in [4.69, 9.17) is 0 Å². The second-order valence-corrected chi connectivity index (χ2v) is 8.46. The van der Waals surface area contributed by atoms with Gasteiger partial charge >= 0.3 is 0 Å². The second-order valence-electron chi connectivity index (χ2n) is 6.46. The summed E-state index contributed by atoms with van der Waals surface area (Å²) < 4.78 is 15.4. The molecule has 0 aromatic heterocycles. The molecule has 1 aliphatic rings. The zero-order valence-electron chi connectivity index (χ0n) is 13.5. The van der Waals surface area contributed by atoms with Crippen LogP contribution in [0.25, 0.3) is 6.08 Å². The van der Waals surface area contributed by atoms with E-state index < -0.39 is 11.0 Å². The van der Waals surface area contributed by atoms with Crippen molar-refractivity contribution < 1.29 is 4.21 Å². The number of nitrogens with one attached hydrogen (secondary N) is 1. The third kappa shape index (κ3) is 5.08. The highest BCUT2D eigenvalue weighted by atomic mass is 32.2. The minimum absolute atomic E-state index is 0.0214. The molecule has 1 aromatic rings. The summed E-state index contributed by atoms with van der Waals surface area (Å²) in [4.78, 5) is 0. The summed E-state index contributed by atoms with van der Waals surface area (Å²) in [6.45, 7) is 5.96. The average Bonchev–Trinajstić information content (AvgIpc) is 2.52. The first kappa shape index (κ1) is 16.9. The van der Waals surface area contributed by atoms with Gasteiger partial charge in [-0.2, -0.15) is 0 Å². The predicted molar refractivity (Wildman–Crippen MR) is 96.7 cm³/mol. The topological polar surface area (TPSA) is 29.1 Å². The molecule has 1 aromatic carbocycles. The van der Waals surface area contributed by atoms with Crippen LogP contribution in [0.5, 0.6) is 0 Å². The Kier molecular flexibility index (Phi) is 5.92. The smallest absolute Gasteiger partial charge is 0.0976 e. The Balaban J connectivity index is 2.16. The molecule has 1 aliphatic carbocycles. The van der Waals surface area contributed by atoms with Gasteiger partial charge in [-0.25, -0.2) is 8.93 Å². The van der Waals surface area contributed by atoms with Gasteiger partial charge < -0.3 is 0 Å². The highest BCUT2D eigenvalue weighted by Crippen LogP contribution is 2.19. The van der Waals surface area contributed by atoms with Crippen molar-refractivity contribution >= 4 is 17.1 Å². The van der Waals surface area contributed by atoms with Crippen LogP contribution >= 0.6 is 0 Å². The average molecular weight is 315 g/mol. The van der Waals surface area contributed by atoms with Gasteiger partial charge in [0.25, 0.3) is 0 Å². The molecule has 0 fully saturated rings. The maximum atomic E-state index is 12.4. The molecular weight excluding hydrogens is 290 g/mol. The molecule has 0 heterocycles. The van der Waals surface area contributed by atoms with Gasteiger partial charge in [0.2, 0.25) is 0 Å². The normalized spacial score (nSPS) is 18.7. The molecule has 1 N–H and O–H groups in total. The van der Waals surface area contributed by atoms with E-state index in [0.717, 1.165) is 12.0 Å². The molecule has 2 atom stereocenters. The van der Waals surface area contributed by atoms with Gasteiger partial charge in [-0.05, 0) is 32.8 Å².